The maximum absolute atomic E-state index is 11.8. The standard InChI is InChI=1S/C20H24BrNO8/c1-10(23)27-9-16-18(28-11(2)24)20(30-13(4)26)19(29-12(3)25)17(22-16)14-6-5-7-15(21)8-14/h5-8,16-20,22H,9H2,1-4H3/t16-,17-,18-,19-,20+/m1/s1. The summed E-state index contributed by atoms with van der Waals surface area (Å²) >= 11 is 3.40. The van der Waals surface area contributed by atoms with E-state index in [1.807, 2.05) is 12.1 Å². The molecular formula is C20H24BrNO8. The fraction of sp³-hybridized carbons (Fsp3) is 0.500. The van der Waals surface area contributed by atoms with Gasteiger partial charge in [0.05, 0.1) is 12.1 Å². The number of rotatable bonds is 6. The van der Waals surface area contributed by atoms with Gasteiger partial charge in [-0.2, -0.15) is 0 Å². The first-order valence-electron chi connectivity index (χ1n) is 9.25. The zero-order chi connectivity index (χ0) is 22.4. The predicted molar refractivity (Wildman–Crippen MR) is 107 cm³/mol. The van der Waals surface area contributed by atoms with Gasteiger partial charge < -0.3 is 18.9 Å². The minimum Gasteiger partial charge on any atom is -0.464 e. The van der Waals surface area contributed by atoms with Crippen LogP contribution in [0.1, 0.15) is 39.3 Å². The van der Waals surface area contributed by atoms with Gasteiger partial charge in [0.15, 0.2) is 18.3 Å². The normalized spacial score (nSPS) is 25.7. The summed E-state index contributed by atoms with van der Waals surface area (Å²) < 4.78 is 22.3. The van der Waals surface area contributed by atoms with Gasteiger partial charge in [0, 0.05) is 32.2 Å². The second-order valence-corrected chi connectivity index (χ2v) is 7.75. The predicted octanol–water partition coefficient (Wildman–Crippen LogP) is 1.82. The summed E-state index contributed by atoms with van der Waals surface area (Å²) in [7, 11) is 0. The van der Waals surface area contributed by atoms with Gasteiger partial charge in [-0.1, -0.05) is 28.1 Å². The van der Waals surface area contributed by atoms with Gasteiger partial charge in [0.2, 0.25) is 0 Å². The molecule has 0 spiro atoms. The van der Waals surface area contributed by atoms with E-state index in [1.54, 1.807) is 12.1 Å². The molecule has 0 radical (unpaired) electrons. The van der Waals surface area contributed by atoms with Crippen molar-refractivity contribution in [1.82, 2.24) is 5.32 Å². The van der Waals surface area contributed by atoms with E-state index < -0.39 is 54.3 Å². The highest BCUT2D eigenvalue weighted by molar-refractivity contribution is 9.10. The highest BCUT2D eigenvalue weighted by atomic mass is 79.9. The minimum atomic E-state index is -1.12. The zero-order valence-corrected chi connectivity index (χ0v) is 18.6. The molecular weight excluding hydrogens is 462 g/mol. The van der Waals surface area contributed by atoms with Gasteiger partial charge in [-0.3, -0.25) is 24.5 Å². The van der Waals surface area contributed by atoms with Crippen molar-refractivity contribution >= 4 is 39.8 Å². The van der Waals surface area contributed by atoms with Crippen LogP contribution in [-0.2, 0) is 38.1 Å². The molecule has 0 bridgehead atoms. The van der Waals surface area contributed by atoms with Crippen LogP contribution in [0.5, 0.6) is 0 Å². The van der Waals surface area contributed by atoms with E-state index in [1.165, 1.54) is 27.7 Å². The summed E-state index contributed by atoms with van der Waals surface area (Å²) in [6.45, 7) is 4.74. The van der Waals surface area contributed by atoms with Crippen molar-refractivity contribution in [2.75, 3.05) is 6.61 Å². The Bertz CT molecular complexity index is 814. The molecule has 30 heavy (non-hydrogen) atoms. The fourth-order valence-electron chi connectivity index (χ4n) is 3.36. The molecule has 1 aliphatic heterocycles. The first kappa shape index (κ1) is 23.8. The van der Waals surface area contributed by atoms with Crippen molar-refractivity contribution in [3.63, 3.8) is 0 Å². The van der Waals surface area contributed by atoms with Gasteiger partial charge in [-0.15, -0.1) is 0 Å². The molecule has 2 rings (SSSR count). The Balaban J connectivity index is 2.53. The van der Waals surface area contributed by atoms with Crippen LogP contribution in [0.3, 0.4) is 0 Å². The summed E-state index contributed by atoms with van der Waals surface area (Å²) in [5.41, 5.74) is 0.724. The molecule has 0 saturated carbocycles. The largest absolute Gasteiger partial charge is 0.464 e. The number of ether oxygens (including phenoxy) is 4. The van der Waals surface area contributed by atoms with Crippen LogP contribution in [0.2, 0.25) is 0 Å². The van der Waals surface area contributed by atoms with E-state index >= 15 is 0 Å². The summed E-state index contributed by atoms with van der Waals surface area (Å²) in [5.74, 6) is -2.40. The maximum atomic E-state index is 11.8. The number of hydrogen-bond donors (Lipinski definition) is 1. The molecule has 10 heteroatoms. The minimum absolute atomic E-state index is 0.150. The van der Waals surface area contributed by atoms with Gasteiger partial charge in [-0.25, -0.2) is 0 Å². The van der Waals surface area contributed by atoms with E-state index in [2.05, 4.69) is 21.2 Å². The first-order valence-corrected chi connectivity index (χ1v) is 10.0. The van der Waals surface area contributed by atoms with Gasteiger partial charge >= 0.3 is 23.9 Å². The zero-order valence-electron chi connectivity index (χ0n) is 17.0. The molecule has 5 atom stereocenters. The van der Waals surface area contributed by atoms with Crippen molar-refractivity contribution in [3.8, 4) is 0 Å². The van der Waals surface area contributed by atoms with E-state index in [4.69, 9.17) is 18.9 Å². The van der Waals surface area contributed by atoms with Crippen LogP contribution in [0.15, 0.2) is 28.7 Å². The Labute approximate surface area is 182 Å². The first-order chi connectivity index (χ1) is 14.1. The molecule has 1 aromatic carbocycles. The van der Waals surface area contributed by atoms with Crippen molar-refractivity contribution < 1.29 is 38.1 Å². The number of hydrogen-bond acceptors (Lipinski definition) is 9. The lowest BCUT2D eigenvalue weighted by molar-refractivity contribution is -0.200. The van der Waals surface area contributed by atoms with Crippen LogP contribution >= 0.6 is 15.9 Å². The Morgan fingerprint density at radius 1 is 0.867 bits per heavy atom. The molecule has 164 valence electrons. The van der Waals surface area contributed by atoms with Crippen molar-refractivity contribution in [1.29, 1.82) is 0 Å². The summed E-state index contributed by atoms with van der Waals surface area (Å²) in [6, 6.07) is 5.88. The average Bonchev–Trinajstić information content (AvgIpc) is 2.62. The highest BCUT2D eigenvalue weighted by Crippen LogP contribution is 2.34. The van der Waals surface area contributed by atoms with E-state index in [-0.39, 0.29) is 6.61 Å². The second-order valence-electron chi connectivity index (χ2n) is 6.83. The molecule has 0 unspecified atom stereocenters. The molecule has 1 aromatic rings. The molecule has 0 amide bonds. The van der Waals surface area contributed by atoms with Crippen LogP contribution in [-0.4, -0.2) is 54.8 Å². The Morgan fingerprint density at radius 3 is 1.97 bits per heavy atom. The second kappa shape index (κ2) is 10.5. The van der Waals surface area contributed by atoms with Gasteiger partial charge in [0.25, 0.3) is 0 Å². The number of piperidine rings is 1. The fourth-order valence-corrected chi connectivity index (χ4v) is 3.77. The van der Waals surface area contributed by atoms with Crippen LogP contribution in [0.25, 0.3) is 0 Å². The van der Waals surface area contributed by atoms with Crippen molar-refractivity contribution in [3.05, 3.63) is 34.3 Å². The monoisotopic (exact) mass is 485 g/mol. The molecule has 1 aliphatic rings. The summed E-state index contributed by atoms with van der Waals surface area (Å²) in [5, 5.41) is 3.22. The Hall–Kier alpha value is -2.46. The highest BCUT2D eigenvalue weighted by Gasteiger charge is 2.51. The SMILES string of the molecule is CC(=O)OC[C@H]1N[C@H](c2cccc(Br)c2)[C@@H](OC(C)=O)[C@@H](OC(C)=O)[C@@H]1OC(C)=O. The molecule has 1 saturated heterocycles. The molecule has 0 aliphatic carbocycles. The topological polar surface area (TPSA) is 117 Å². The van der Waals surface area contributed by atoms with Gasteiger partial charge in [-0.05, 0) is 17.7 Å². The Kier molecular flexibility index (Phi) is 8.36. The van der Waals surface area contributed by atoms with Crippen LogP contribution in [0, 0.1) is 0 Å². The molecule has 0 aromatic heterocycles. The van der Waals surface area contributed by atoms with Crippen LogP contribution in [0.4, 0.5) is 0 Å². The third-order valence-corrected chi connectivity index (χ3v) is 4.84. The lowest BCUT2D eigenvalue weighted by Gasteiger charge is -2.45. The van der Waals surface area contributed by atoms with E-state index in [0.29, 0.717) is 0 Å². The lowest BCUT2D eigenvalue weighted by Crippen LogP contribution is -2.65. The third kappa shape index (κ3) is 6.53. The smallest absolute Gasteiger partial charge is 0.303 e. The molecule has 1 N–H and O–H groups in total. The van der Waals surface area contributed by atoms with Crippen molar-refractivity contribution in [2.24, 2.45) is 0 Å². The number of nitrogens with one attached hydrogen (secondary N) is 1. The molecule has 1 heterocycles. The molecule has 9 nitrogen and oxygen atoms in total. The van der Waals surface area contributed by atoms with E-state index in [0.717, 1.165) is 10.0 Å². The molecule has 1 fully saturated rings. The maximum Gasteiger partial charge on any atom is 0.303 e. The summed E-state index contributed by atoms with van der Waals surface area (Å²) in [6.07, 6.45) is -3.18. The number of esters is 4. The van der Waals surface area contributed by atoms with Crippen LogP contribution < -0.4 is 5.32 Å². The van der Waals surface area contributed by atoms with E-state index in [9.17, 15) is 19.2 Å². The average molecular weight is 486 g/mol. The van der Waals surface area contributed by atoms with Gasteiger partial charge in [0.1, 0.15) is 6.61 Å². The number of carbonyl (C=O) groups excluding carboxylic acids is 4. The lowest BCUT2D eigenvalue weighted by atomic mass is 9.86. The van der Waals surface area contributed by atoms with Crippen molar-refractivity contribution in [2.45, 2.75) is 58.1 Å². The summed E-state index contributed by atoms with van der Waals surface area (Å²) in [4.78, 5) is 46.8. The third-order valence-electron chi connectivity index (χ3n) is 4.35. The quantitative estimate of drug-likeness (QED) is 0.475. The number of benzene rings is 1. The Morgan fingerprint density at radius 2 is 1.43 bits per heavy atom. The number of carbonyl (C=O) groups is 4. The number of halogens is 1.